The molecule has 1 aromatic rings. The minimum atomic E-state index is -0.0287. The summed E-state index contributed by atoms with van der Waals surface area (Å²) in [6, 6.07) is 7.89. The zero-order chi connectivity index (χ0) is 15.1. The fraction of sp³-hybridized carbons (Fsp3) is 0.588. The van der Waals surface area contributed by atoms with Crippen molar-refractivity contribution >= 4 is 5.91 Å². The number of amides is 1. The third-order valence-corrected chi connectivity index (χ3v) is 3.76. The Morgan fingerprint density at radius 1 is 1.43 bits per heavy atom. The average molecular weight is 290 g/mol. The zero-order valence-corrected chi connectivity index (χ0v) is 13.0. The summed E-state index contributed by atoms with van der Waals surface area (Å²) in [5.41, 5.74) is 1.03. The maximum absolute atomic E-state index is 12.0. The SMILES string of the molecule is CC(C)CCOc1ccccc1CNC(=O)C1CCCN1. The highest BCUT2D eigenvalue weighted by molar-refractivity contribution is 5.82. The van der Waals surface area contributed by atoms with E-state index in [-0.39, 0.29) is 11.9 Å². The van der Waals surface area contributed by atoms with Crippen molar-refractivity contribution in [3.8, 4) is 5.75 Å². The van der Waals surface area contributed by atoms with Crippen molar-refractivity contribution in [2.75, 3.05) is 13.2 Å². The predicted molar refractivity (Wildman–Crippen MR) is 84.3 cm³/mol. The van der Waals surface area contributed by atoms with E-state index in [2.05, 4.69) is 24.5 Å². The van der Waals surface area contributed by atoms with Crippen LogP contribution in [0, 0.1) is 5.92 Å². The van der Waals surface area contributed by atoms with Crippen LogP contribution in [0.5, 0.6) is 5.75 Å². The first kappa shape index (κ1) is 15.8. The number of hydrogen-bond donors (Lipinski definition) is 2. The van der Waals surface area contributed by atoms with E-state index in [0.29, 0.717) is 19.1 Å². The Morgan fingerprint density at radius 2 is 2.24 bits per heavy atom. The van der Waals surface area contributed by atoms with Crippen molar-refractivity contribution in [1.82, 2.24) is 10.6 Å². The molecular formula is C17H26N2O2. The van der Waals surface area contributed by atoms with Gasteiger partial charge in [0, 0.05) is 12.1 Å². The van der Waals surface area contributed by atoms with Crippen molar-refractivity contribution in [2.24, 2.45) is 5.92 Å². The molecule has 1 aliphatic rings. The molecule has 1 heterocycles. The van der Waals surface area contributed by atoms with Gasteiger partial charge in [-0.2, -0.15) is 0 Å². The van der Waals surface area contributed by atoms with Crippen molar-refractivity contribution in [2.45, 2.75) is 45.7 Å². The molecule has 2 N–H and O–H groups in total. The standard InChI is InChI=1S/C17H26N2O2/c1-13(2)9-11-21-16-8-4-3-6-14(16)12-19-17(20)15-7-5-10-18-15/h3-4,6,8,13,15,18H,5,7,9-12H2,1-2H3,(H,19,20). The quantitative estimate of drug-likeness (QED) is 0.811. The third-order valence-electron chi connectivity index (χ3n) is 3.76. The summed E-state index contributed by atoms with van der Waals surface area (Å²) < 4.78 is 5.84. The van der Waals surface area contributed by atoms with Crippen LogP contribution in [-0.4, -0.2) is 25.1 Å². The predicted octanol–water partition coefficient (Wildman–Crippen LogP) is 2.48. The van der Waals surface area contributed by atoms with Gasteiger partial charge in [0.25, 0.3) is 0 Å². The number of hydrogen-bond acceptors (Lipinski definition) is 3. The van der Waals surface area contributed by atoms with Crippen LogP contribution in [0.25, 0.3) is 0 Å². The Labute approximate surface area is 127 Å². The minimum Gasteiger partial charge on any atom is -0.493 e. The lowest BCUT2D eigenvalue weighted by Gasteiger charge is -2.15. The number of benzene rings is 1. The molecule has 0 bridgehead atoms. The summed E-state index contributed by atoms with van der Waals surface area (Å²) in [7, 11) is 0. The lowest BCUT2D eigenvalue weighted by atomic mass is 10.1. The van der Waals surface area contributed by atoms with Crippen LogP contribution in [-0.2, 0) is 11.3 Å². The van der Waals surface area contributed by atoms with Crippen molar-refractivity contribution in [3.63, 3.8) is 0 Å². The van der Waals surface area contributed by atoms with Gasteiger partial charge in [-0.05, 0) is 37.8 Å². The second-order valence-electron chi connectivity index (χ2n) is 6.01. The second kappa shape index (κ2) is 8.03. The fourth-order valence-electron chi connectivity index (χ4n) is 2.41. The summed E-state index contributed by atoms with van der Waals surface area (Å²) in [5, 5.41) is 6.21. The molecular weight excluding hydrogens is 264 g/mol. The van der Waals surface area contributed by atoms with Crippen LogP contribution in [0.3, 0.4) is 0 Å². The number of carbonyl (C=O) groups is 1. The molecule has 1 atom stereocenters. The van der Waals surface area contributed by atoms with Gasteiger partial charge in [0.15, 0.2) is 0 Å². The maximum Gasteiger partial charge on any atom is 0.237 e. The Balaban J connectivity index is 1.85. The van der Waals surface area contributed by atoms with E-state index >= 15 is 0 Å². The Kier molecular flexibility index (Phi) is 6.05. The van der Waals surface area contributed by atoms with E-state index < -0.39 is 0 Å². The van der Waals surface area contributed by atoms with Crippen LogP contribution in [0.15, 0.2) is 24.3 Å². The van der Waals surface area contributed by atoms with Gasteiger partial charge in [-0.15, -0.1) is 0 Å². The molecule has 1 unspecified atom stereocenters. The maximum atomic E-state index is 12.0. The molecule has 4 heteroatoms. The monoisotopic (exact) mass is 290 g/mol. The molecule has 0 aliphatic carbocycles. The molecule has 1 amide bonds. The molecule has 1 fully saturated rings. The highest BCUT2D eigenvalue weighted by Gasteiger charge is 2.21. The summed E-state index contributed by atoms with van der Waals surface area (Å²) in [6.07, 6.45) is 3.04. The summed E-state index contributed by atoms with van der Waals surface area (Å²) in [4.78, 5) is 12.0. The summed E-state index contributed by atoms with van der Waals surface area (Å²) >= 11 is 0. The number of ether oxygens (including phenoxy) is 1. The largest absolute Gasteiger partial charge is 0.493 e. The van der Waals surface area contributed by atoms with Gasteiger partial charge < -0.3 is 15.4 Å². The molecule has 0 spiro atoms. The van der Waals surface area contributed by atoms with Gasteiger partial charge in [-0.3, -0.25) is 4.79 Å². The second-order valence-corrected chi connectivity index (χ2v) is 6.01. The lowest BCUT2D eigenvalue weighted by Crippen LogP contribution is -2.40. The van der Waals surface area contributed by atoms with Crippen LogP contribution in [0.4, 0.5) is 0 Å². The van der Waals surface area contributed by atoms with Gasteiger partial charge in [-0.1, -0.05) is 32.0 Å². The van der Waals surface area contributed by atoms with Crippen LogP contribution >= 0.6 is 0 Å². The van der Waals surface area contributed by atoms with Gasteiger partial charge >= 0.3 is 0 Å². The number of rotatable bonds is 7. The van der Waals surface area contributed by atoms with Crippen LogP contribution in [0.1, 0.15) is 38.7 Å². The molecule has 4 nitrogen and oxygen atoms in total. The van der Waals surface area contributed by atoms with Crippen LogP contribution in [0.2, 0.25) is 0 Å². The van der Waals surface area contributed by atoms with Crippen LogP contribution < -0.4 is 15.4 Å². The molecule has 2 rings (SSSR count). The topological polar surface area (TPSA) is 50.4 Å². The number of para-hydroxylation sites is 1. The smallest absolute Gasteiger partial charge is 0.237 e. The fourth-order valence-corrected chi connectivity index (χ4v) is 2.41. The van der Waals surface area contributed by atoms with Crippen molar-refractivity contribution < 1.29 is 9.53 Å². The number of nitrogens with one attached hydrogen (secondary N) is 2. The minimum absolute atomic E-state index is 0.0287. The molecule has 0 aromatic heterocycles. The van der Waals surface area contributed by atoms with E-state index in [9.17, 15) is 4.79 Å². The first-order chi connectivity index (χ1) is 10.2. The number of carbonyl (C=O) groups excluding carboxylic acids is 1. The molecule has 0 radical (unpaired) electrons. The van der Waals surface area contributed by atoms with Gasteiger partial charge in [-0.25, -0.2) is 0 Å². The third kappa shape index (κ3) is 5.05. The molecule has 1 aliphatic heterocycles. The van der Waals surface area contributed by atoms with Crippen molar-refractivity contribution in [1.29, 1.82) is 0 Å². The van der Waals surface area contributed by atoms with E-state index in [1.54, 1.807) is 0 Å². The van der Waals surface area contributed by atoms with Crippen molar-refractivity contribution in [3.05, 3.63) is 29.8 Å². The molecule has 1 saturated heterocycles. The van der Waals surface area contributed by atoms with Gasteiger partial charge in [0.05, 0.1) is 12.6 Å². The molecule has 21 heavy (non-hydrogen) atoms. The molecule has 116 valence electrons. The Morgan fingerprint density at radius 3 is 2.95 bits per heavy atom. The Hall–Kier alpha value is -1.55. The lowest BCUT2D eigenvalue weighted by molar-refractivity contribution is -0.122. The first-order valence-corrected chi connectivity index (χ1v) is 7.88. The molecule has 0 saturated carbocycles. The summed E-state index contributed by atoms with van der Waals surface area (Å²) in [5.74, 6) is 1.59. The van der Waals surface area contributed by atoms with E-state index in [0.717, 1.165) is 37.1 Å². The summed E-state index contributed by atoms with van der Waals surface area (Å²) in [6.45, 7) is 6.54. The molecule has 1 aromatic carbocycles. The zero-order valence-electron chi connectivity index (χ0n) is 13.0. The highest BCUT2D eigenvalue weighted by atomic mass is 16.5. The van der Waals surface area contributed by atoms with Gasteiger partial charge in [0.1, 0.15) is 5.75 Å². The first-order valence-electron chi connectivity index (χ1n) is 7.88. The van der Waals surface area contributed by atoms with E-state index in [1.807, 2.05) is 24.3 Å². The highest BCUT2D eigenvalue weighted by Crippen LogP contribution is 2.18. The van der Waals surface area contributed by atoms with Gasteiger partial charge in [0.2, 0.25) is 5.91 Å². The van der Waals surface area contributed by atoms with E-state index in [1.165, 1.54) is 0 Å². The Bertz CT molecular complexity index is 454. The normalized spacial score (nSPS) is 18.0. The average Bonchev–Trinajstić information content (AvgIpc) is 3.00. The van der Waals surface area contributed by atoms with E-state index in [4.69, 9.17) is 4.74 Å².